The van der Waals surface area contributed by atoms with Crippen LogP contribution in [0.15, 0.2) is 83.3 Å². The molecule has 1 unspecified atom stereocenters. The Balaban J connectivity index is 1.41. The van der Waals surface area contributed by atoms with Crippen molar-refractivity contribution in [3.05, 3.63) is 121 Å². The van der Waals surface area contributed by atoms with Crippen LogP contribution in [0, 0.1) is 5.92 Å². The van der Waals surface area contributed by atoms with Crippen LogP contribution in [-0.2, 0) is 13.0 Å². The number of para-hydroxylation sites is 2. The number of benzene rings is 4. The predicted octanol–water partition coefficient (Wildman–Crippen LogP) is 10.5. The van der Waals surface area contributed by atoms with Crippen LogP contribution in [0.25, 0.3) is 22.6 Å². The first kappa shape index (κ1) is 32.9. The molecule has 1 aliphatic rings. The summed E-state index contributed by atoms with van der Waals surface area (Å²) >= 11 is 15.9. The van der Waals surface area contributed by atoms with Gasteiger partial charge >= 0.3 is 0 Å². The van der Waals surface area contributed by atoms with E-state index in [0.29, 0.717) is 51.1 Å². The predicted molar refractivity (Wildman–Crippen MR) is 193 cm³/mol. The highest BCUT2D eigenvalue weighted by atomic mass is 79.9. The second-order valence-electron chi connectivity index (χ2n) is 11.7. The molecule has 1 aliphatic carbocycles. The van der Waals surface area contributed by atoms with E-state index in [4.69, 9.17) is 42.4 Å². The molecule has 0 fully saturated rings. The van der Waals surface area contributed by atoms with Gasteiger partial charge in [0.2, 0.25) is 0 Å². The van der Waals surface area contributed by atoms with Crippen molar-refractivity contribution in [1.29, 1.82) is 0 Å². The maximum atomic E-state index is 14.6. The molecule has 1 heterocycles. The molecule has 0 bridgehead atoms. The minimum absolute atomic E-state index is 0.0873. The van der Waals surface area contributed by atoms with Crippen LogP contribution in [-0.4, -0.2) is 37.1 Å². The van der Waals surface area contributed by atoms with Crippen LogP contribution in [0.1, 0.15) is 46.1 Å². The Morgan fingerprint density at radius 3 is 2.53 bits per heavy atom. The van der Waals surface area contributed by atoms with Gasteiger partial charge in [-0.1, -0.05) is 82.5 Å². The van der Waals surface area contributed by atoms with Gasteiger partial charge in [-0.3, -0.25) is 4.79 Å². The summed E-state index contributed by atoms with van der Waals surface area (Å²) in [6.07, 6.45) is 3.67. The maximum Gasteiger partial charge on any atom is 0.254 e. The van der Waals surface area contributed by atoms with Gasteiger partial charge in [0.25, 0.3) is 5.91 Å². The molecular formula is C38H33BrCl2N2O4. The average Bonchev–Trinajstić information content (AvgIpc) is 3.06. The molecule has 6 nitrogen and oxygen atoms in total. The number of carbonyl (C=O) groups excluding carboxylic acids is 1. The number of amides is 1. The third-order valence-corrected chi connectivity index (χ3v) is 9.53. The fourth-order valence-electron chi connectivity index (χ4n) is 6.13. The van der Waals surface area contributed by atoms with Crippen LogP contribution in [0.4, 0.5) is 0 Å². The van der Waals surface area contributed by atoms with E-state index in [2.05, 4.69) is 28.9 Å². The first-order valence-electron chi connectivity index (χ1n) is 15.2. The summed E-state index contributed by atoms with van der Waals surface area (Å²) in [6.45, 7) is 2.52. The fraction of sp³-hybridized carbons (Fsp3) is 0.211. The van der Waals surface area contributed by atoms with E-state index in [1.54, 1.807) is 37.3 Å². The molecule has 0 aliphatic heterocycles. The Morgan fingerprint density at radius 1 is 0.957 bits per heavy atom. The Labute approximate surface area is 293 Å². The Bertz CT molecular complexity index is 2030. The van der Waals surface area contributed by atoms with Crippen LogP contribution in [0.3, 0.4) is 0 Å². The highest BCUT2D eigenvalue weighted by Gasteiger charge is 2.30. The maximum absolute atomic E-state index is 14.6. The zero-order valence-corrected chi connectivity index (χ0v) is 29.5. The van der Waals surface area contributed by atoms with Gasteiger partial charge in [-0.15, -0.1) is 0 Å². The van der Waals surface area contributed by atoms with Crippen molar-refractivity contribution in [2.75, 3.05) is 21.3 Å². The lowest BCUT2D eigenvalue weighted by atomic mass is 9.80. The van der Waals surface area contributed by atoms with Gasteiger partial charge in [0.15, 0.2) is 11.5 Å². The molecule has 5 aromatic rings. The van der Waals surface area contributed by atoms with Gasteiger partial charge in [0.05, 0.1) is 41.0 Å². The average molecular weight is 733 g/mol. The summed E-state index contributed by atoms with van der Waals surface area (Å²) < 4.78 is 18.4. The van der Waals surface area contributed by atoms with Crippen molar-refractivity contribution in [1.82, 2.24) is 9.88 Å². The smallest absolute Gasteiger partial charge is 0.254 e. The topological polar surface area (TPSA) is 60.9 Å². The molecule has 6 rings (SSSR count). The number of hydrogen-bond acceptors (Lipinski definition) is 5. The molecule has 0 saturated carbocycles. The first-order valence-corrected chi connectivity index (χ1v) is 16.7. The van der Waals surface area contributed by atoms with Gasteiger partial charge in [-0.05, 0) is 72.4 Å². The lowest BCUT2D eigenvalue weighted by Crippen LogP contribution is -2.29. The van der Waals surface area contributed by atoms with E-state index in [1.165, 1.54) is 0 Å². The standard InChI is InChI=1S/C38H33BrCl2N2O4/c1-22-16-25(18-23-8-7-11-33(45-3)37(23)46-4)36-29(17-22)35(28-9-5-6-10-32(28)42-36)38(44)43(2)21-24-12-13-26(39)19-34(24)47-27-14-15-30(40)31(41)20-27/h5-15,18-20,22H,16-17,21H2,1-4H3/b25-18+. The highest BCUT2D eigenvalue weighted by molar-refractivity contribution is 9.10. The molecule has 240 valence electrons. The molecule has 4 aromatic carbocycles. The number of nitrogens with zero attached hydrogens (tertiary/aromatic N) is 2. The lowest BCUT2D eigenvalue weighted by molar-refractivity contribution is 0.0785. The van der Waals surface area contributed by atoms with E-state index in [0.717, 1.165) is 56.2 Å². The molecule has 0 spiro atoms. The number of allylic oxidation sites excluding steroid dienone is 1. The molecule has 1 aromatic heterocycles. The highest BCUT2D eigenvalue weighted by Crippen LogP contribution is 2.41. The molecule has 9 heteroatoms. The molecule has 0 saturated heterocycles. The van der Waals surface area contributed by atoms with Gasteiger partial charge in [-0.25, -0.2) is 4.98 Å². The zero-order valence-electron chi connectivity index (χ0n) is 26.4. The minimum Gasteiger partial charge on any atom is -0.493 e. The van der Waals surface area contributed by atoms with Crippen molar-refractivity contribution in [3.63, 3.8) is 0 Å². The number of hydrogen-bond donors (Lipinski definition) is 0. The largest absolute Gasteiger partial charge is 0.493 e. The Morgan fingerprint density at radius 2 is 1.77 bits per heavy atom. The van der Waals surface area contributed by atoms with E-state index in [9.17, 15) is 4.79 Å². The van der Waals surface area contributed by atoms with Gasteiger partial charge in [0, 0.05) is 40.6 Å². The van der Waals surface area contributed by atoms with Crippen molar-refractivity contribution in [2.24, 2.45) is 5.92 Å². The molecule has 0 N–H and O–H groups in total. The molecule has 1 atom stereocenters. The molecular weight excluding hydrogens is 699 g/mol. The van der Waals surface area contributed by atoms with E-state index in [-0.39, 0.29) is 5.91 Å². The van der Waals surface area contributed by atoms with Crippen LogP contribution < -0.4 is 14.2 Å². The SMILES string of the molecule is COc1cccc(/C=C2\CC(C)Cc3c2nc2ccccc2c3C(=O)N(C)Cc2ccc(Br)cc2Oc2ccc(Cl)c(Cl)c2)c1OC. The van der Waals surface area contributed by atoms with E-state index < -0.39 is 0 Å². The first-order chi connectivity index (χ1) is 22.7. The number of pyridine rings is 1. The normalized spacial score (nSPS) is 15.0. The van der Waals surface area contributed by atoms with Gasteiger partial charge in [0.1, 0.15) is 11.5 Å². The molecule has 0 radical (unpaired) electrons. The molecule has 47 heavy (non-hydrogen) atoms. The monoisotopic (exact) mass is 730 g/mol. The third-order valence-electron chi connectivity index (χ3n) is 8.30. The number of halogens is 3. The van der Waals surface area contributed by atoms with Crippen molar-refractivity contribution in [2.45, 2.75) is 26.3 Å². The minimum atomic E-state index is -0.0873. The number of ether oxygens (including phenoxy) is 3. The Hall–Kier alpha value is -4.04. The van der Waals surface area contributed by atoms with Crippen molar-refractivity contribution < 1.29 is 19.0 Å². The van der Waals surface area contributed by atoms with Gasteiger partial charge < -0.3 is 19.1 Å². The number of methoxy groups -OCH3 is 2. The van der Waals surface area contributed by atoms with Crippen LogP contribution in [0.5, 0.6) is 23.0 Å². The second-order valence-corrected chi connectivity index (χ2v) is 13.4. The summed E-state index contributed by atoms with van der Waals surface area (Å²) in [5, 5.41) is 1.68. The fourth-order valence-corrected chi connectivity index (χ4v) is 6.76. The summed E-state index contributed by atoms with van der Waals surface area (Å²) in [7, 11) is 5.09. The summed E-state index contributed by atoms with van der Waals surface area (Å²) in [5.74, 6) is 2.67. The number of carbonyl (C=O) groups is 1. The zero-order chi connectivity index (χ0) is 33.2. The second kappa shape index (κ2) is 14.0. The molecule has 1 amide bonds. The number of fused-ring (bicyclic) bond motifs is 2. The summed E-state index contributed by atoms with van der Waals surface area (Å²) in [5.41, 5.74) is 6.03. The van der Waals surface area contributed by atoms with Crippen LogP contribution in [0.2, 0.25) is 10.0 Å². The lowest BCUT2D eigenvalue weighted by Gasteiger charge is -2.28. The Kier molecular flexibility index (Phi) is 9.78. The number of aromatic nitrogens is 1. The quantitative estimate of drug-likeness (QED) is 0.159. The van der Waals surface area contributed by atoms with Gasteiger partial charge in [-0.2, -0.15) is 0 Å². The van der Waals surface area contributed by atoms with Crippen LogP contribution >= 0.6 is 39.1 Å². The summed E-state index contributed by atoms with van der Waals surface area (Å²) in [6, 6.07) is 24.6. The third kappa shape index (κ3) is 6.84. The van der Waals surface area contributed by atoms with E-state index >= 15 is 0 Å². The number of rotatable bonds is 8. The van der Waals surface area contributed by atoms with Crippen molar-refractivity contribution >= 4 is 67.6 Å². The van der Waals surface area contributed by atoms with E-state index in [1.807, 2.05) is 67.7 Å². The summed E-state index contributed by atoms with van der Waals surface area (Å²) in [4.78, 5) is 21.4. The van der Waals surface area contributed by atoms with Crippen molar-refractivity contribution in [3.8, 4) is 23.0 Å².